The number of nitrogens with zero attached hydrogens (tertiary/aromatic N) is 1. The first kappa shape index (κ1) is 19.8. The summed E-state index contributed by atoms with van der Waals surface area (Å²) in [5.74, 6) is -0.271. The first-order valence-corrected chi connectivity index (χ1v) is 9.71. The maximum atomic E-state index is 12.7. The van der Waals surface area contributed by atoms with Crippen LogP contribution in [0.2, 0.25) is 0 Å². The van der Waals surface area contributed by atoms with Gasteiger partial charge < -0.3 is 10.2 Å². The SMILES string of the molecule is CC[C@H](C)c1ccccc1N1C[C@H](C(=O)Nc2ccc(C(C)=O)cc2)CC1=O. The van der Waals surface area contributed by atoms with E-state index < -0.39 is 5.92 Å². The second kappa shape index (κ2) is 8.38. The number of ketones is 1. The van der Waals surface area contributed by atoms with Crippen LogP contribution in [-0.2, 0) is 9.59 Å². The molecular weight excluding hydrogens is 352 g/mol. The van der Waals surface area contributed by atoms with Crippen LogP contribution < -0.4 is 10.2 Å². The predicted molar refractivity (Wildman–Crippen MR) is 111 cm³/mol. The highest BCUT2D eigenvalue weighted by Crippen LogP contribution is 2.33. The highest BCUT2D eigenvalue weighted by molar-refractivity contribution is 6.04. The van der Waals surface area contributed by atoms with Crippen LogP contribution in [0.4, 0.5) is 11.4 Å². The summed E-state index contributed by atoms with van der Waals surface area (Å²) in [6.07, 6.45) is 1.19. The van der Waals surface area contributed by atoms with E-state index in [-0.39, 0.29) is 24.0 Å². The van der Waals surface area contributed by atoms with Gasteiger partial charge in [0.1, 0.15) is 0 Å². The van der Waals surface area contributed by atoms with Crippen molar-refractivity contribution >= 4 is 29.0 Å². The lowest BCUT2D eigenvalue weighted by Crippen LogP contribution is -2.29. The molecule has 3 rings (SSSR count). The lowest BCUT2D eigenvalue weighted by Gasteiger charge is -2.23. The molecule has 1 N–H and O–H groups in total. The van der Waals surface area contributed by atoms with Gasteiger partial charge in [-0.3, -0.25) is 14.4 Å². The molecule has 1 aliphatic rings. The van der Waals surface area contributed by atoms with Gasteiger partial charge >= 0.3 is 0 Å². The Balaban J connectivity index is 1.72. The Hall–Kier alpha value is -2.95. The third-order valence-electron chi connectivity index (χ3n) is 5.43. The first-order chi connectivity index (χ1) is 13.4. The Bertz CT molecular complexity index is 889. The van der Waals surface area contributed by atoms with Gasteiger partial charge in [0.2, 0.25) is 11.8 Å². The molecule has 2 amide bonds. The molecule has 2 aromatic carbocycles. The van der Waals surface area contributed by atoms with Crippen LogP contribution in [0, 0.1) is 5.92 Å². The molecule has 1 fully saturated rings. The molecule has 2 aromatic rings. The zero-order valence-corrected chi connectivity index (χ0v) is 16.6. The van der Waals surface area contributed by atoms with Gasteiger partial charge in [0.05, 0.1) is 5.92 Å². The largest absolute Gasteiger partial charge is 0.326 e. The van der Waals surface area contributed by atoms with Crippen molar-refractivity contribution in [1.82, 2.24) is 0 Å². The molecule has 0 bridgehead atoms. The van der Waals surface area contributed by atoms with Gasteiger partial charge in [0.25, 0.3) is 0 Å². The first-order valence-electron chi connectivity index (χ1n) is 9.71. The molecular formula is C23H26N2O3. The zero-order chi connectivity index (χ0) is 20.3. The van der Waals surface area contributed by atoms with E-state index in [0.29, 0.717) is 23.7 Å². The van der Waals surface area contributed by atoms with E-state index in [1.54, 1.807) is 29.2 Å². The number of anilines is 2. The van der Waals surface area contributed by atoms with Crippen molar-refractivity contribution in [3.8, 4) is 0 Å². The Morgan fingerprint density at radius 2 is 1.82 bits per heavy atom. The fourth-order valence-corrected chi connectivity index (χ4v) is 3.52. The minimum Gasteiger partial charge on any atom is -0.326 e. The summed E-state index contributed by atoms with van der Waals surface area (Å²) < 4.78 is 0. The quantitative estimate of drug-likeness (QED) is 0.758. The van der Waals surface area contributed by atoms with Gasteiger partial charge in [0.15, 0.2) is 5.78 Å². The summed E-state index contributed by atoms with van der Waals surface area (Å²) >= 11 is 0. The molecule has 0 unspecified atom stereocenters. The molecule has 0 aliphatic carbocycles. The molecule has 0 saturated carbocycles. The Labute approximate surface area is 165 Å². The van der Waals surface area contributed by atoms with Gasteiger partial charge in [-0.15, -0.1) is 0 Å². The van der Waals surface area contributed by atoms with E-state index in [4.69, 9.17) is 0 Å². The molecule has 5 heteroatoms. The lowest BCUT2D eigenvalue weighted by atomic mass is 9.96. The van der Waals surface area contributed by atoms with Crippen molar-refractivity contribution in [1.29, 1.82) is 0 Å². The zero-order valence-electron chi connectivity index (χ0n) is 16.6. The Morgan fingerprint density at radius 1 is 1.14 bits per heavy atom. The number of rotatable bonds is 6. The molecule has 1 aliphatic heterocycles. The number of carbonyl (C=O) groups is 3. The second-order valence-corrected chi connectivity index (χ2v) is 7.40. The van der Waals surface area contributed by atoms with Crippen LogP contribution in [0.15, 0.2) is 48.5 Å². The maximum Gasteiger partial charge on any atom is 0.229 e. The van der Waals surface area contributed by atoms with E-state index in [9.17, 15) is 14.4 Å². The van der Waals surface area contributed by atoms with Gasteiger partial charge in [-0.05, 0) is 55.2 Å². The summed E-state index contributed by atoms with van der Waals surface area (Å²) in [5.41, 5.74) is 3.27. The van der Waals surface area contributed by atoms with Crippen molar-refractivity contribution in [3.05, 3.63) is 59.7 Å². The van der Waals surface area contributed by atoms with E-state index in [2.05, 4.69) is 25.2 Å². The molecule has 28 heavy (non-hydrogen) atoms. The van der Waals surface area contributed by atoms with Crippen molar-refractivity contribution in [2.24, 2.45) is 5.92 Å². The third-order valence-corrected chi connectivity index (χ3v) is 5.43. The highest BCUT2D eigenvalue weighted by Gasteiger charge is 2.36. The number of Topliss-reactive ketones (excluding diaryl/α,β-unsaturated/α-hetero) is 1. The smallest absolute Gasteiger partial charge is 0.229 e. The second-order valence-electron chi connectivity index (χ2n) is 7.40. The van der Waals surface area contributed by atoms with Crippen molar-refractivity contribution in [3.63, 3.8) is 0 Å². The fourth-order valence-electron chi connectivity index (χ4n) is 3.52. The monoisotopic (exact) mass is 378 g/mol. The average molecular weight is 378 g/mol. The molecule has 146 valence electrons. The normalized spacial score (nSPS) is 17.5. The third kappa shape index (κ3) is 4.14. The molecule has 5 nitrogen and oxygen atoms in total. The van der Waals surface area contributed by atoms with Crippen LogP contribution in [0.1, 0.15) is 55.5 Å². The topological polar surface area (TPSA) is 66.5 Å². The van der Waals surface area contributed by atoms with Crippen molar-refractivity contribution < 1.29 is 14.4 Å². The summed E-state index contributed by atoms with van der Waals surface area (Å²) in [6.45, 7) is 6.16. The molecule has 2 atom stereocenters. The summed E-state index contributed by atoms with van der Waals surface area (Å²) in [5, 5.41) is 2.86. The Morgan fingerprint density at radius 3 is 2.46 bits per heavy atom. The van der Waals surface area contributed by atoms with Crippen LogP contribution in [0.3, 0.4) is 0 Å². The van der Waals surface area contributed by atoms with Gasteiger partial charge in [0, 0.05) is 29.9 Å². The van der Waals surface area contributed by atoms with E-state index in [0.717, 1.165) is 17.7 Å². The van der Waals surface area contributed by atoms with Gasteiger partial charge in [-0.2, -0.15) is 0 Å². The van der Waals surface area contributed by atoms with Crippen molar-refractivity contribution in [2.45, 2.75) is 39.5 Å². The van der Waals surface area contributed by atoms with Gasteiger partial charge in [-0.1, -0.05) is 32.0 Å². The van der Waals surface area contributed by atoms with E-state index in [1.165, 1.54) is 6.92 Å². The fraction of sp³-hybridized carbons (Fsp3) is 0.348. The summed E-state index contributed by atoms with van der Waals surface area (Å²) in [6, 6.07) is 14.7. The van der Waals surface area contributed by atoms with Crippen LogP contribution in [0.5, 0.6) is 0 Å². The van der Waals surface area contributed by atoms with E-state index in [1.807, 2.05) is 18.2 Å². The number of hydrogen-bond acceptors (Lipinski definition) is 3. The van der Waals surface area contributed by atoms with Crippen LogP contribution >= 0.6 is 0 Å². The predicted octanol–water partition coefficient (Wildman–Crippen LogP) is 4.39. The highest BCUT2D eigenvalue weighted by atomic mass is 16.2. The standard InChI is InChI=1S/C23H26N2O3/c1-4-15(2)20-7-5-6-8-21(20)25-14-18(13-22(25)27)23(28)24-19-11-9-17(10-12-19)16(3)26/h5-12,15,18H,4,13-14H2,1-3H3,(H,24,28)/t15-,18+/m0/s1. The number of benzene rings is 2. The number of amides is 2. The summed E-state index contributed by atoms with van der Waals surface area (Å²) in [4.78, 5) is 38.4. The molecule has 1 saturated heterocycles. The minimum atomic E-state index is -0.398. The number of para-hydroxylation sites is 1. The molecule has 1 heterocycles. The Kier molecular flexibility index (Phi) is 5.93. The lowest BCUT2D eigenvalue weighted by molar-refractivity contribution is -0.122. The minimum absolute atomic E-state index is 0.0186. The molecule has 0 aromatic heterocycles. The van der Waals surface area contributed by atoms with Crippen LogP contribution in [0.25, 0.3) is 0 Å². The average Bonchev–Trinajstić information content (AvgIpc) is 3.09. The molecule has 0 spiro atoms. The number of carbonyl (C=O) groups excluding carboxylic acids is 3. The number of nitrogens with one attached hydrogen (secondary N) is 1. The van der Waals surface area contributed by atoms with Gasteiger partial charge in [-0.25, -0.2) is 0 Å². The molecule has 0 radical (unpaired) electrons. The maximum absolute atomic E-state index is 12.7. The van der Waals surface area contributed by atoms with Crippen molar-refractivity contribution in [2.75, 3.05) is 16.8 Å². The van der Waals surface area contributed by atoms with E-state index >= 15 is 0 Å². The van der Waals surface area contributed by atoms with Crippen LogP contribution in [-0.4, -0.2) is 24.1 Å². The summed E-state index contributed by atoms with van der Waals surface area (Å²) in [7, 11) is 0. The number of hydrogen-bond donors (Lipinski definition) is 1.